The highest BCUT2D eigenvalue weighted by Crippen LogP contribution is 2.21. The molecule has 0 aliphatic carbocycles. The molecule has 0 bridgehead atoms. The van der Waals surface area contributed by atoms with Crippen molar-refractivity contribution in [3.63, 3.8) is 0 Å². The summed E-state index contributed by atoms with van der Waals surface area (Å²) in [4.78, 5) is 33.3. The molecule has 0 spiro atoms. The SMILES string of the molecule is Cc1cc(C)nc(SCc2ccc(C(=O)NNC(=O)CC(C)c3ccc(F)cc3)cc2)n1. The molecule has 2 N–H and O–H groups in total. The summed E-state index contributed by atoms with van der Waals surface area (Å²) in [6, 6.07) is 15.1. The summed E-state index contributed by atoms with van der Waals surface area (Å²) in [5.41, 5.74) is 9.05. The molecular formula is C24H25FN4O2S. The van der Waals surface area contributed by atoms with E-state index in [9.17, 15) is 14.0 Å². The van der Waals surface area contributed by atoms with Crippen LogP contribution in [0.15, 0.2) is 59.8 Å². The van der Waals surface area contributed by atoms with Gasteiger partial charge in [-0.3, -0.25) is 20.4 Å². The van der Waals surface area contributed by atoms with Gasteiger partial charge in [0.1, 0.15) is 5.82 Å². The summed E-state index contributed by atoms with van der Waals surface area (Å²) in [6.45, 7) is 5.75. The predicted octanol–water partition coefficient (Wildman–Crippen LogP) is 4.48. The predicted molar refractivity (Wildman–Crippen MR) is 123 cm³/mol. The molecular weight excluding hydrogens is 427 g/mol. The van der Waals surface area contributed by atoms with Gasteiger partial charge in [0.15, 0.2) is 5.16 Å². The Morgan fingerprint density at radius 2 is 1.59 bits per heavy atom. The molecule has 1 atom stereocenters. The van der Waals surface area contributed by atoms with Crippen molar-refractivity contribution in [2.75, 3.05) is 0 Å². The molecule has 3 rings (SSSR count). The lowest BCUT2D eigenvalue weighted by atomic mass is 9.98. The Labute approximate surface area is 191 Å². The first-order valence-corrected chi connectivity index (χ1v) is 11.2. The number of hydrazine groups is 1. The van der Waals surface area contributed by atoms with E-state index in [1.165, 1.54) is 23.9 Å². The molecule has 0 aliphatic heterocycles. The van der Waals surface area contributed by atoms with Crippen LogP contribution in [0.5, 0.6) is 0 Å². The Morgan fingerprint density at radius 1 is 0.969 bits per heavy atom. The fourth-order valence-corrected chi connectivity index (χ4v) is 4.00. The fourth-order valence-electron chi connectivity index (χ4n) is 3.10. The molecule has 0 saturated heterocycles. The number of rotatable bonds is 7. The van der Waals surface area contributed by atoms with E-state index in [2.05, 4.69) is 20.8 Å². The summed E-state index contributed by atoms with van der Waals surface area (Å²) in [7, 11) is 0. The van der Waals surface area contributed by atoms with Crippen molar-refractivity contribution >= 4 is 23.6 Å². The number of halogens is 1. The van der Waals surface area contributed by atoms with E-state index < -0.39 is 5.91 Å². The highest BCUT2D eigenvalue weighted by molar-refractivity contribution is 7.98. The summed E-state index contributed by atoms with van der Waals surface area (Å²) >= 11 is 1.53. The van der Waals surface area contributed by atoms with Crippen molar-refractivity contribution in [3.8, 4) is 0 Å². The quantitative estimate of drug-likeness (QED) is 0.314. The van der Waals surface area contributed by atoms with Crippen LogP contribution in [0.4, 0.5) is 4.39 Å². The Bertz CT molecular complexity index is 1070. The lowest BCUT2D eigenvalue weighted by molar-refractivity contribution is -0.122. The summed E-state index contributed by atoms with van der Waals surface area (Å²) in [6.07, 6.45) is 0.169. The fraction of sp³-hybridized carbons (Fsp3) is 0.250. The van der Waals surface area contributed by atoms with E-state index in [0.29, 0.717) is 11.3 Å². The van der Waals surface area contributed by atoms with E-state index in [-0.39, 0.29) is 24.1 Å². The second-order valence-electron chi connectivity index (χ2n) is 7.58. The summed E-state index contributed by atoms with van der Waals surface area (Å²) in [5, 5.41) is 0.724. The number of carbonyl (C=O) groups is 2. The maximum Gasteiger partial charge on any atom is 0.269 e. The number of carbonyl (C=O) groups excluding carboxylic acids is 2. The molecule has 0 aliphatic rings. The third-order valence-electron chi connectivity index (χ3n) is 4.79. The monoisotopic (exact) mass is 452 g/mol. The van der Waals surface area contributed by atoms with Gasteiger partial charge >= 0.3 is 0 Å². The number of hydrogen-bond donors (Lipinski definition) is 2. The van der Waals surface area contributed by atoms with Crippen LogP contribution >= 0.6 is 11.8 Å². The number of hydrogen-bond acceptors (Lipinski definition) is 5. The molecule has 2 aromatic carbocycles. The standard InChI is InChI=1S/C24H25FN4O2S/c1-15(19-8-10-21(25)11-9-19)12-22(30)28-29-23(31)20-6-4-18(5-7-20)14-32-24-26-16(2)13-17(3)27-24/h4-11,13,15H,12,14H2,1-3H3,(H,28,30)(H,29,31). The second kappa shape index (κ2) is 10.9. The van der Waals surface area contributed by atoms with Gasteiger partial charge in [-0.25, -0.2) is 14.4 Å². The average Bonchev–Trinajstić information content (AvgIpc) is 2.76. The van der Waals surface area contributed by atoms with Crippen LogP contribution in [0.25, 0.3) is 0 Å². The molecule has 1 unspecified atom stereocenters. The van der Waals surface area contributed by atoms with Gasteiger partial charge < -0.3 is 0 Å². The maximum atomic E-state index is 13.0. The third-order valence-corrected chi connectivity index (χ3v) is 5.71. The van der Waals surface area contributed by atoms with E-state index in [4.69, 9.17) is 0 Å². The zero-order valence-electron chi connectivity index (χ0n) is 18.2. The maximum absolute atomic E-state index is 13.0. The number of nitrogens with zero attached hydrogens (tertiary/aromatic N) is 2. The van der Waals surface area contributed by atoms with Gasteiger partial charge in [-0.05, 0) is 61.2 Å². The van der Waals surface area contributed by atoms with Crippen LogP contribution in [-0.2, 0) is 10.5 Å². The smallest absolute Gasteiger partial charge is 0.269 e. The number of aryl methyl sites for hydroxylation is 2. The van der Waals surface area contributed by atoms with Crippen LogP contribution in [-0.4, -0.2) is 21.8 Å². The number of amides is 2. The molecule has 166 valence electrons. The van der Waals surface area contributed by atoms with E-state index >= 15 is 0 Å². The van der Waals surface area contributed by atoms with Gasteiger partial charge in [0, 0.05) is 29.1 Å². The van der Waals surface area contributed by atoms with Crippen LogP contribution in [0.3, 0.4) is 0 Å². The van der Waals surface area contributed by atoms with Gasteiger partial charge in [0.25, 0.3) is 5.91 Å². The Balaban J connectivity index is 1.46. The van der Waals surface area contributed by atoms with E-state index in [0.717, 1.165) is 27.7 Å². The minimum absolute atomic E-state index is 0.106. The molecule has 3 aromatic rings. The first-order chi connectivity index (χ1) is 15.3. The minimum Gasteiger partial charge on any atom is -0.273 e. The first kappa shape index (κ1) is 23.4. The minimum atomic E-state index is -0.398. The third kappa shape index (κ3) is 6.88. The van der Waals surface area contributed by atoms with Crippen molar-refractivity contribution in [2.45, 2.75) is 44.0 Å². The molecule has 1 heterocycles. The molecule has 0 fully saturated rings. The number of nitrogens with one attached hydrogen (secondary N) is 2. The van der Waals surface area contributed by atoms with Gasteiger partial charge in [-0.2, -0.15) is 0 Å². The second-order valence-corrected chi connectivity index (χ2v) is 8.52. The van der Waals surface area contributed by atoms with Gasteiger partial charge in [0.2, 0.25) is 5.91 Å². The summed E-state index contributed by atoms with van der Waals surface area (Å²) in [5.74, 6) is -0.462. The molecule has 8 heteroatoms. The van der Waals surface area contributed by atoms with Crippen LogP contribution in [0.2, 0.25) is 0 Å². The van der Waals surface area contributed by atoms with Crippen LogP contribution in [0.1, 0.15) is 52.1 Å². The van der Waals surface area contributed by atoms with Crippen LogP contribution < -0.4 is 10.9 Å². The topological polar surface area (TPSA) is 84.0 Å². The molecule has 6 nitrogen and oxygen atoms in total. The summed E-state index contributed by atoms with van der Waals surface area (Å²) < 4.78 is 13.0. The van der Waals surface area contributed by atoms with Gasteiger partial charge in [-0.1, -0.05) is 43.0 Å². The molecule has 2 amide bonds. The molecule has 0 saturated carbocycles. The number of aromatic nitrogens is 2. The average molecular weight is 453 g/mol. The zero-order valence-corrected chi connectivity index (χ0v) is 19.0. The Kier molecular flexibility index (Phi) is 7.94. The van der Waals surface area contributed by atoms with Crippen molar-refractivity contribution in [1.82, 2.24) is 20.8 Å². The van der Waals surface area contributed by atoms with E-state index in [1.807, 2.05) is 39.0 Å². The van der Waals surface area contributed by atoms with Gasteiger partial charge in [0.05, 0.1) is 0 Å². The molecule has 1 aromatic heterocycles. The normalized spacial score (nSPS) is 11.6. The zero-order chi connectivity index (χ0) is 23.1. The van der Waals surface area contributed by atoms with Crippen molar-refractivity contribution in [2.24, 2.45) is 0 Å². The molecule has 0 radical (unpaired) electrons. The van der Waals surface area contributed by atoms with Gasteiger partial charge in [-0.15, -0.1) is 0 Å². The highest BCUT2D eigenvalue weighted by Gasteiger charge is 2.13. The Morgan fingerprint density at radius 3 is 2.22 bits per heavy atom. The molecule has 32 heavy (non-hydrogen) atoms. The van der Waals surface area contributed by atoms with Crippen molar-refractivity contribution < 1.29 is 14.0 Å². The number of thioether (sulfide) groups is 1. The largest absolute Gasteiger partial charge is 0.273 e. The lowest BCUT2D eigenvalue weighted by Gasteiger charge is -2.13. The lowest BCUT2D eigenvalue weighted by Crippen LogP contribution is -2.42. The Hall–Kier alpha value is -3.26. The first-order valence-electron chi connectivity index (χ1n) is 10.2. The van der Waals surface area contributed by atoms with Crippen LogP contribution in [0, 0.1) is 19.7 Å². The van der Waals surface area contributed by atoms with E-state index in [1.54, 1.807) is 24.3 Å². The van der Waals surface area contributed by atoms with Crippen molar-refractivity contribution in [3.05, 3.63) is 88.5 Å². The highest BCUT2D eigenvalue weighted by atomic mass is 32.2. The van der Waals surface area contributed by atoms with Crippen molar-refractivity contribution in [1.29, 1.82) is 0 Å². The number of benzene rings is 2.